The molecule has 0 aliphatic carbocycles. The Morgan fingerprint density at radius 3 is 2.90 bits per heavy atom. The molecular formula is C15H18FNO3. The summed E-state index contributed by atoms with van der Waals surface area (Å²) in [6, 6.07) is 3.85. The highest BCUT2D eigenvalue weighted by molar-refractivity contribution is 5.95. The molecule has 0 spiro atoms. The van der Waals surface area contributed by atoms with Gasteiger partial charge in [-0.1, -0.05) is 18.8 Å². The monoisotopic (exact) mass is 279 g/mol. The number of carbonyl (C=O) groups excluding carboxylic acids is 1. The number of nitrogens with one attached hydrogen (secondary N) is 1. The standard InChI is InChI=1S/C15H18FNO3/c1-3-12(10-20-2)17-15(19)13-9-11(5-4-8-18)6-7-14(13)16/h6-7,9,12,18H,3,8,10H2,1-2H3,(H,17,19). The zero-order valence-electron chi connectivity index (χ0n) is 11.6. The molecule has 0 heterocycles. The van der Waals surface area contributed by atoms with Crippen molar-refractivity contribution in [2.24, 2.45) is 0 Å². The van der Waals surface area contributed by atoms with Gasteiger partial charge in [-0.25, -0.2) is 4.39 Å². The predicted octanol–water partition coefficient (Wildman–Crippen LogP) is 1.32. The number of aliphatic hydroxyl groups is 1. The SMILES string of the molecule is CCC(COC)NC(=O)c1cc(C#CCO)ccc1F. The third-order valence-corrected chi connectivity index (χ3v) is 2.72. The first-order chi connectivity index (χ1) is 9.62. The van der Waals surface area contributed by atoms with Crippen LogP contribution in [0.15, 0.2) is 18.2 Å². The molecule has 2 N–H and O–H groups in total. The smallest absolute Gasteiger partial charge is 0.254 e. The number of amides is 1. The minimum absolute atomic E-state index is 0.0655. The van der Waals surface area contributed by atoms with E-state index in [-0.39, 0.29) is 18.2 Å². The van der Waals surface area contributed by atoms with Crippen LogP contribution in [0.4, 0.5) is 4.39 Å². The number of rotatable bonds is 5. The summed E-state index contributed by atoms with van der Waals surface area (Å²) in [6.07, 6.45) is 0.686. The molecule has 5 heteroatoms. The number of benzene rings is 1. The van der Waals surface area contributed by atoms with Crippen molar-refractivity contribution in [3.8, 4) is 11.8 Å². The van der Waals surface area contributed by atoms with Crippen LogP contribution in [0.25, 0.3) is 0 Å². The molecule has 108 valence electrons. The van der Waals surface area contributed by atoms with Gasteiger partial charge < -0.3 is 15.2 Å². The zero-order chi connectivity index (χ0) is 15.0. The fourth-order valence-corrected chi connectivity index (χ4v) is 1.64. The molecule has 0 saturated carbocycles. The molecule has 1 amide bonds. The van der Waals surface area contributed by atoms with E-state index in [1.54, 1.807) is 7.11 Å². The molecule has 1 unspecified atom stereocenters. The normalized spacial score (nSPS) is 11.4. The number of ether oxygens (including phenoxy) is 1. The Hall–Kier alpha value is -1.90. The highest BCUT2D eigenvalue weighted by atomic mass is 19.1. The summed E-state index contributed by atoms with van der Waals surface area (Å²) in [7, 11) is 1.54. The van der Waals surface area contributed by atoms with Crippen LogP contribution in [-0.4, -0.2) is 37.4 Å². The van der Waals surface area contributed by atoms with Crippen LogP contribution in [0.3, 0.4) is 0 Å². The molecule has 0 radical (unpaired) electrons. The van der Waals surface area contributed by atoms with Gasteiger partial charge >= 0.3 is 0 Å². The van der Waals surface area contributed by atoms with Crippen LogP contribution in [0.1, 0.15) is 29.3 Å². The summed E-state index contributed by atoms with van der Waals surface area (Å²) in [5.74, 6) is 3.98. The van der Waals surface area contributed by atoms with Gasteiger partial charge in [-0.2, -0.15) is 0 Å². The van der Waals surface area contributed by atoms with Crippen LogP contribution in [0.5, 0.6) is 0 Å². The molecule has 20 heavy (non-hydrogen) atoms. The van der Waals surface area contributed by atoms with Crippen molar-refractivity contribution in [3.63, 3.8) is 0 Å². The highest BCUT2D eigenvalue weighted by Crippen LogP contribution is 2.10. The molecule has 0 aliphatic heterocycles. The molecule has 1 aromatic carbocycles. The fourth-order valence-electron chi connectivity index (χ4n) is 1.64. The maximum absolute atomic E-state index is 13.7. The molecule has 0 saturated heterocycles. The molecule has 0 fully saturated rings. The van der Waals surface area contributed by atoms with Crippen molar-refractivity contribution < 1.29 is 19.0 Å². The van der Waals surface area contributed by atoms with Gasteiger partial charge in [-0.05, 0) is 24.6 Å². The first kappa shape index (κ1) is 16.2. The number of halogens is 1. The van der Waals surface area contributed by atoms with E-state index in [9.17, 15) is 9.18 Å². The fraction of sp³-hybridized carbons (Fsp3) is 0.400. The highest BCUT2D eigenvalue weighted by Gasteiger charge is 2.16. The van der Waals surface area contributed by atoms with E-state index in [0.29, 0.717) is 18.6 Å². The van der Waals surface area contributed by atoms with Gasteiger partial charge in [0.05, 0.1) is 18.2 Å². The predicted molar refractivity (Wildman–Crippen MR) is 73.8 cm³/mol. The van der Waals surface area contributed by atoms with Gasteiger partial charge in [0, 0.05) is 12.7 Å². The van der Waals surface area contributed by atoms with E-state index in [4.69, 9.17) is 9.84 Å². The third-order valence-electron chi connectivity index (χ3n) is 2.72. The van der Waals surface area contributed by atoms with Crippen LogP contribution in [-0.2, 0) is 4.74 Å². The summed E-state index contributed by atoms with van der Waals surface area (Å²) in [6.45, 7) is 1.99. The average Bonchev–Trinajstić information content (AvgIpc) is 2.45. The van der Waals surface area contributed by atoms with Crippen molar-refractivity contribution in [1.29, 1.82) is 0 Å². The Morgan fingerprint density at radius 2 is 2.30 bits per heavy atom. The number of hydrogen-bond donors (Lipinski definition) is 2. The molecule has 1 rings (SSSR count). The van der Waals surface area contributed by atoms with Crippen molar-refractivity contribution >= 4 is 5.91 Å². The van der Waals surface area contributed by atoms with E-state index in [2.05, 4.69) is 17.2 Å². The number of carbonyl (C=O) groups is 1. The van der Waals surface area contributed by atoms with Gasteiger partial charge in [0.2, 0.25) is 0 Å². The lowest BCUT2D eigenvalue weighted by Gasteiger charge is -2.16. The first-order valence-electron chi connectivity index (χ1n) is 6.31. The van der Waals surface area contributed by atoms with Crippen LogP contribution < -0.4 is 5.32 Å². The number of aliphatic hydroxyl groups excluding tert-OH is 1. The summed E-state index contributed by atoms with van der Waals surface area (Å²) < 4.78 is 18.7. The van der Waals surface area contributed by atoms with Crippen LogP contribution in [0, 0.1) is 17.7 Å². The largest absolute Gasteiger partial charge is 0.384 e. The Labute approximate surface area is 117 Å². The lowest BCUT2D eigenvalue weighted by Crippen LogP contribution is -2.37. The second-order valence-electron chi connectivity index (χ2n) is 4.19. The lowest BCUT2D eigenvalue weighted by molar-refractivity contribution is 0.0890. The average molecular weight is 279 g/mol. The van der Waals surface area contributed by atoms with E-state index in [0.717, 1.165) is 0 Å². The maximum Gasteiger partial charge on any atom is 0.254 e. The van der Waals surface area contributed by atoms with Crippen LogP contribution >= 0.6 is 0 Å². The lowest BCUT2D eigenvalue weighted by atomic mass is 10.1. The second-order valence-corrected chi connectivity index (χ2v) is 4.19. The van der Waals surface area contributed by atoms with Crippen molar-refractivity contribution in [2.45, 2.75) is 19.4 Å². The summed E-state index contributed by atoms with van der Waals surface area (Å²) in [5, 5.41) is 11.3. The Morgan fingerprint density at radius 1 is 1.55 bits per heavy atom. The zero-order valence-corrected chi connectivity index (χ0v) is 11.6. The van der Waals surface area contributed by atoms with Crippen molar-refractivity contribution in [1.82, 2.24) is 5.32 Å². The summed E-state index contributed by atoms with van der Waals surface area (Å²) >= 11 is 0. The summed E-state index contributed by atoms with van der Waals surface area (Å²) in [5.41, 5.74) is 0.412. The minimum atomic E-state index is -0.607. The van der Waals surface area contributed by atoms with Gasteiger partial charge in [0.15, 0.2) is 0 Å². The van der Waals surface area contributed by atoms with Gasteiger partial charge in [-0.15, -0.1) is 0 Å². The van der Waals surface area contributed by atoms with E-state index in [1.807, 2.05) is 6.92 Å². The van der Waals surface area contributed by atoms with Crippen LogP contribution in [0.2, 0.25) is 0 Å². The van der Waals surface area contributed by atoms with Crippen molar-refractivity contribution in [2.75, 3.05) is 20.3 Å². The quantitative estimate of drug-likeness (QED) is 0.799. The van der Waals surface area contributed by atoms with Gasteiger partial charge in [0.25, 0.3) is 5.91 Å². The second kappa shape index (κ2) is 8.31. The Balaban J connectivity index is 2.91. The molecule has 1 aromatic rings. The molecule has 0 bridgehead atoms. The topological polar surface area (TPSA) is 58.6 Å². The summed E-state index contributed by atoms with van der Waals surface area (Å²) in [4.78, 5) is 12.0. The van der Waals surface area contributed by atoms with E-state index >= 15 is 0 Å². The Kier molecular flexibility index (Phi) is 6.71. The van der Waals surface area contributed by atoms with E-state index in [1.165, 1.54) is 18.2 Å². The molecule has 0 aliphatic rings. The number of methoxy groups -OCH3 is 1. The van der Waals surface area contributed by atoms with E-state index < -0.39 is 11.7 Å². The maximum atomic E-state index is 13.7. The first-order valence-corrected chi connectivity index (χ1v) is 6.31. The number of hydrogen-bond acceptors (Lipinski definition) is 3. The van der Waals surface area contributed by atoms with Crippen molar-refractivity contribution in [3.05, 3.63) is 35.1 Å². The molecule has 1 atom stereocenters. The van der Waals surface area contributed by atoms with Gasteiger partial charge in [0.1, 0.15) is 12.4 Å². The third kappa shape index (κ3) is 4.65. The minimum Gasteiger partial charge on any atom is -0.384 e. The Bertz CT molecular complexity index is 520. The molecular weight excluding hydrogens is 261 g/mol. The van der Waals surface area contributed by atoms with Gasteiger partial charge in [-0.3, -0.25) is 4.79 Å². The molecule has 0 aromatic heterocycles. The molecule has 4 nitrogen and oxygen atoms in total.